The van der Waals surface area contributed by atoms with Gasteiger partial charge in [0.1, 0.15) is 11.5 Å². The van der Waals surface area contributed by atoms with E-state index in [1.54, 1.807) is 0 Å². The predicted molar refractivity (Wildman–Crippen MR) is 81.8 cm³/mol. The lowest BCUT2D eigenvalue weighted by molar-refractivity contribution is 0.362. The molecule has 0 aliphatic carbocycles. The van der Waals surface area contributed by atoms with E-state index < -0.39 is 0 Å². The summed E-state index contributed by atoms with van der Waals surface area (Å²) in [6, 6.07) is 6.28. The zero-order valence-electron chi connectivity index (χ0n) is 12.2. The van der Waals surface area contributed by atoms with Crippen molar-refractivity contribution in [1.82, 2.24) is 0 Å². The molecule has 1 rings (SSSR count). The molecule has 1 aromatic rings. The van der Waals surface area contributed by atoms with Gasteiger partial charge >= 0.3 is 0 Å². The van der Waals surface area contributed by atoms with E-state index in [4.69, 9.17) is 9.47 Å². The molecule has 0 N–H and O–H groups in total. The first-order chi connectivity index (χ1) is 8.51. The van der Waals surface area contributed by atoms with Crippen molar-refractivity contribution < 1.29 is 9.47 Å². The molecule has 0 aliphatic heterocycles. The summed E-state index contributed by atoms with van der Waals surface area (Å²) in [6.07, 6.45) is 2.72. The molecule has 100 valence electrons. The van der Waals surface area contributed by atoms with Gasteiger partial charge in [-0.25, -0.2) is 0 Å². The lowest BCUT2D eigenvalue weighted by Crippen LogP contribution is -2.15. The van der Waals surface area contributed by atoms with Crippen molar-refractivity contribution >= 4 is 17.6 Å². The highest BCUT2D eigenvalue weighted by molar-refractivity contribution is 6.55. The summed E-state index contributed by atoms with van der Waals surface area (Å²) in [5, 5.41) is 0. The molecule has 0 saturated heterocycles. The molecule has 18 heavy (non-hydrogen) atoms. The van der Waals surface area contributed by atoms with Crippen LogP contribution in [0.1, 0.15) is 12.5 Å². The molecule has 0 heterocycles. The molecule has 4 heteroatoms. The molecule has 0 aliphatic rings. The van der Waals surface area contributed by atoms with Crippen LogP contribution in [0.5, 0.6) is 11.5 Å². The maximum Gasteiger partial charge on any atom is 0.122 e. The van der Waals surface area contributed by atoms with E-state index in [1.807, 2.05) is 6.07 Å². The highest BCUT2D eigenvalue weighted by atomic mass is 28.3. The minimum absolute atomic E-state index is 0.347. The normalized spacial score (nSPS) is 11.1. The summed E-state index contributed by atoms with van der Waals surface area (Å²) in [5.41, 5.74) is 1.28. The Kier molecular flexibility index (Phi) is 6.50. The number of benzene rings is 1. The Morgan fingerprint density at radius 3 is 1.61 bits per heavy atom. The van der Waals surface area contributed by atoms with Gasteiger partial charge in [0.2, 0.25) is 0 Å². The number of hydrogen-bond acceptors (Lipinski definition) is 2. The maximum absolute atomic E-state index is 5.83. The van der Waals surface area contributed by atoms with Gasteiger partial charge in [0, 0.05) is 6.07 Å². The van der Waals surface area contributed by atoms with E-state index in [0.29, 0.717) is 0 Å². The zero-order valence-corrected chi connectivity index (χ0v) is 14.2. The first kappa shape index (κ1) is 15.3. The summed E-state index contributed by atoms with van der Waals surface area (Å²) >= 11 is 0. The van der Waals surface area contributed by atoms with E-state index in [0.717, 1.165) is 30.4 Å². The Hall–Kier alpha value is -0.746. The van der Waals surface area contributed by atoms with Gasteiger partial charge < -0.3 is 9.47 Å². The van der Waals surface area contributed by atoms with Crippen molar-refractivity contribution in [2.75, 3.05) is 12.5 Å². The first-order valence-electron chi connectivity index (χ1n) is 6.49. The molecule has 2 radical (unpaired) electrons. The third kappa shape index (κ3) is 5.73. The zero-order chi connectivity index (χ0) is 13.5. The predicted octanol–water partition coefficient (Wildman–Crippen LogP) is 3.59. The van der Waals surface area contributed by atoms with Gasteiger partial charge in [0.25, 0.3) is 0 Å². The molecule has 1 aromatic carbocycles. The van der Waals surface area contributed by atoms with Crippen LogP contribution in [0.25, 0.3) is 0 Å². The van der Waals surface area contributed by atoms with E-state index in [9.17, 15) is 0 Å². The second kappa shape index (κ2) is 7.64. The Balaban J connectivity index is 2.74. The van der Waals surface area contributed by atoms with E-state index in [-0.39, 0.29) is 17.6 Å². The smallest absolute Gasteiger partial charge is 0.122 e. The van der Waals surface area contributed by atoms with Crippen LogP contribution in [-0.2, 0) is 6.42 Å². The SMILES string of the molecule is CCc1cc(OC[Si](C)C)cc(OC[Si](C)C)c1. The third-order valence-electron chi connectivity index (χ3n) is 2.40. The lowest BCUT2D eigenvalue weighted by atomic mass is 10.1. The molecule has 0 atom stereocenters. The van der Waals surface area contributed by atoms with Crippen LogP contribution in [0.15, 0.2) is 18.2 Å². The number of hydrogen-bond donors (Lipinski definition) is 0. The van der Waals surface area contributed by atoms with Crippen molar-refractivity contribution in [2.45, 2.75) is 39.5 Å². The molecule has 2 nitrogen and oxygen atoms in total. The average molecular weight is 281 g/mol. The standard InChI is InChI=1S/C14H24O2Si2/c1-6-12-7-13(15-10-17(2)3)9-14(8-12)16-11-18(4)5/h7-9H,6,10-11H2,1-5H3. The van der Waals surface area contributed by atoms with Crippen molar-refractivity contribution in [3.05, 3.63) is 23.8 Å². The van der Waals surface area contributed by atoms with Crippen LogP contribution in [0.2, 0.25) is 26.2 Å². The number of ether oxygens (including phenoxy) is 2. The average Bonchev–Trinajstić information content (AvgIpc) is 2.33. The Labute approximate surface area is 115 Å². The minimum atomic E-state index is -0.347. The van der Waals surface area contributed by atoms with Crippen molar-refractivity contribution in [2.24, 2.45) is 0 Å². The molecule has 0 unspecified atom stereocenters. The van der Waals surface area contributed by atoms with Gasteiger partial charge in [0.05, 0.1) is 30.1 Å². The summed E-state index contributed by atoms with van der Waals surface area (Å²) < 4.78 is 11.7. The fraction of sp³-hybridized carbons (Fsp3) is 0.571. The van der Waals surface area contributed by atoms with Crippen LogP contribution in [-0.4, -0.2) is 30.1 Å². The number of rotatable bonds is 7. The Morgan fingerprint density at radius 1 is 0.833 bits per heavy atom. The Bertz CT molecular complexity index is 335. The molecule has 0 spiro atoms. The summed E-state index contributed by atoms with van der Waals surface area (Å²) in [7, 11) is -0.695. The second-order valence-corrected chi connectivity index (χ2v) is 10.6. The topological polar surface area (TPSA) is 18.5 Å². The van der Waals surface area contributed by atoms with Crippen LogP contribution >= 0.6 is 0 Å². The molecular weight excluding hydrogens is 256 g/mol. The molecule has 0 fully saturated rings. The third-order valence-corrected chi connectivity index (χ3v) is 3.85. The summed E-state index contributed by atoms with van der Waals surface area (Å²) in [6.45, 7) is 11.2. The summed E-state index contributed by atoms with van der Waals surface area (Å²) in [4.78, 5) is 0. The molecular formula is C14H24O2Si2. The molecule has 0 amide bonds. The second-order valence-electron chi connectivity index (χ2n) is 5.16. The first-order valence-corrected chi connectivity index (χ1v) is 11.9. The largest absolute Gasteiger partial charge is 0.497 e. The van der Waals surface area contributed by atoms with Gasteiger partial charge in [0.15, 0.2) is 0 Å². The van der Waals surface area contributed by atoms with Crippen LogP contribution < -0.4 is 9.47 Å². The van der Waals surface area contributed by atoms with E-state index >= 15 is 0 Å². The molecule has 0 saturated carbocycles. The monoisotopic (exact) mass is 280 g/mol. The lowest BCUT2D eigenvalue weighted by Gasteiger charge is -2.13. The minimum Gasteiger partial charge on any atom is -0.497 e. The van der Waals surface area contributed by atoms with E-state index in [2.05, 4.69) is 45.2 Å². The van der Waals surface area contributed by atoms with E-state index in [1.165, 1.54) is 5.56 Å². The van der Waals surface area contributed by atoms with Gasteiger partial charge in [-0.15, -0.1) is 0 Å². The molecule has 0 aromatic heterocycles. The van der Waals surface area contributed by atoms with Crippen LogP contribution in [0, 0.1) is 0 Å². The fourth-order valence-electron chi connectivity index (χ4n) is 1.46. The highest BCUT2D eigenvalue weighted by Crippen LogP contribution is 2.23. The molecule has 0 bridgehead atoms. The van der Waals surface area contributed by atoms with Gasteiger partial charge in [-0.05, 0) is 24.1 Å². The van der Waals surface area contributed by atoms with Gasteiger partial charge in [-0.1, -0.05) is 33.1 Å². The quantitative estimate of drug-likeness (QED) is 0.711. The fourth-order valence-corrected chi connectivity index (χ4v) is 2.37. The number of aryl methyl sites for hydroxylation is 1. The maximum atomic E-state index is 5.83. The van der Waals surface area contributed by atoms with Crippen molar-refractivity contribution in [1.29, 1.82) is 0 Å². The Morgan fingerprint density at radius 2 is 1.28 bits per heavy atom. The van der Waals surface area contributed by atoms with Crippen molar-refractivity contribution in [3.63, 3.8) is 0 Å². The highest BCUT2D eigenvalue weighted by Gasteiger charge is 2.05. The van der Waals surface area contributed by atoms with Crippen LogP contribution in [0.3, 0.4) is 0 Å². The van der Waals surface area contributed by atoms with Crippen LogP contribution in [0.4, 0.5) is 0 Å². The van der Waals surface area contributed by atoms with Gasteiger partial charge in [-0.3, -0.25) is 0 Å². The summed E-state index contributed by atoms with van der Waals surface area (Å²) in [5.74, 6) is 1.91. The van der Waals surface area contributed by atoms with Crippen molar-refractivity contribution in [3.8, 4) is 11.5 Å². The van der Waals surface area contributed by atoms with Gasteiger partial charge in [-0.2, -0.15) is 0 Å².